The predicted molar refractivity (Wildman–Crippen MR) is 101 cm³/mol. The first-order valence-corrected chi connectivity index (χ1v) is 8.74. The van der Waals surface area contributed by atoms with Crippen LogP contribution >= 0.6 is 11.6 Å². The van der Waals surface area contributed by atoms with E-state index in [0.717, 1.165) is 23.3 Å². The van der Waals surface area contributed by atoms with Crippen LogP contribution in [0.1, 0.15) is 12.3 Å². The summed E-state index contributed by atoms with van der Waals surface area (Å²) in [5.41, 5.74) is 3.09. The number of nitrogens with one attached hydrogen (secondary N) is 1. The number of benzene rings is 2. The molecule has 0 bridgehead atoms. The number of carbonyl (C=O) groups is 1. The zero-order chi connectivity index (χ0) is 18.1. The molecule has 2 heterocycles. The van der Waals surface area contributed by atoms with E-state index in [0.29, 0.717) is 29.6 Å². The maximum absolute atomic E-state index is 12.7. The van der Waals surface area contributed by atoms with Gasteiger partial charge in [0, 0.05) is 30.1 Å². The zero-order valence-electron chi connectivity index (χ0n) is 14.2. The van der Waals surface area contributed by atoms with Crippen molar-refractivity contribution in [3.8, 4) is 0 Å². The van der Waals surface area contributed by atoms with E-state index in [1.807, 2.05) is 30.3 Å². The standard InChI is InChI=1S/C19H18ClN3O3/c1-25-11-18-22-16-10-13(5-6-17(16)26-18)21-15-7-8-23(19(15)24)14-4-2-3-12(20)9-14/h2-6,9-10,15,21H,7-8,11H2,1H3. The molecule has 0 spiro atoms. The third kappa shape index (κ3) is 3.25. The second-order valence-electron chi connectivity index (χ2n) is 6.18. The van der Waals surface area contributed by atoms with E-state index in [-0.39, 0.29) is 11.9 Å². The molecule has 134 valence electrons. The second-order valence-corrected chi connectivity index (χ2v) is 6.61. The normalized spacial score (nSPS) is 17.2. The van der Waals surface area contributed by atoms with Crippen LogP contribution in [0.3, 0.4) is 0 Å². The lowest BCUT2D eigenvalue weighted by Crippen LogP contribution is -2.33. The average molecular weight is 372 g/mol. The highest BCUT2D eigenvalue weighted by Gasteiger charge is 2.32. The number of anilines is 2. The smallest absolute Gasteiger partial charge is 0.249 e. The van der Waals surface area contributed by atoms with Gasteiger partial charge in [-0.25, -0.2) is 4.98 Å². The molecule has 3 aromatic rings. The Labute approximate surface area is 155 Å². The monoisotopic (exact) mass is 371 g/mol. The van der Waals surface area contributed by atoms with E-state index in [9.17, 15) is 4.79 Å². The van der Waals surface area contributed by atoms with Crippen molar-refractivity contribution >= 4 is 40.0 Å². The highest BCUT2D eigenvalue weighted by molar-refractivity contribution is 6.31. The van der Waals surface area contributed by atoms with E-state index in [2.05, 4.69) is 10.3 Å². The van der Waals surface area contributed by atoms with Gasteiger partial charge >= 0.3 is 0 Å². The second kappa shape index (κ2) is 6.97. The van der Waals surface area contributed by atoms with Crippen molar-refractivity contribution in [2.24, 2.45) is 0 Å². The Bertz CT molecular complexity index is 956. The summed E-state index contributed by atoms with van der Waals surface area (Å²) in [6.45, 7) is 0.980. The van der Waals surface area contributed by atoms with Crippen molar-refractivity contribution in [2.75, 3.05) is 23.9 Å². The molecule has 1 aromatic heterocycles. The maximum Gasteiger partial charge on any atom is 0.249 e. The third-order valence-corrected chi connectivity index (χ3v) is 4.60. The number of halogens is 1. The highest BCUT2D eigenvalue weighted by Crippen LogP contribution is 2.27. The minimum absolute atomic E-state index is 0.0348. The summed E-state index contributed by atoms with van der Waals surface area (Å²) in [4.78, 5) is 18.9. The Morgan fingerprint density at radius 1 is 1.35 bits per heavy atom. The number of hydrogen-bond acceptors (Lipinski definition) is 5. The summed E-state index contributed by atoms with van der Waals surface area (Å²) in [6, 6.07) is 12.7. The van der Waals surface area contributed by atoms with Crippen molar-refractivity contribution in [1.82, 2.24) is 4.98 Å². The lowest BCUT2D eigenvalue weighted by molar-refractivity contribution is -0.117. The molecule has 1 aliphatic rings. The highest BCUT2D eigenvalue weighted by atomic mass is 35.5. The van der Waals surface area contributed by atoms with Crippen molar-refractivity contribution in [2.45, 2.75) is 19.1 Å². The largest absolute Gasteiger partial charge is 0.438 e. The molecule has 1 saturated heterocycles. The van der Waals surface area contributed by atoms with E-state index in [1.165, 1.54) is 0 Å². The van der Waals surface area contributed by atoms with Crippen LogP contribution in [0.25, 0.3) is 11.1 Å². The predicted octanol–water partition coefficient (Wildman–Crippen LogP) is 3.85. The summed E-state index contributed by atoms with van der Waals surface area (Å²) in [5, 5.41) is 3.92. The number of amides is 1. The first-order chi connectivity index (χ1) is 12.6. The van der Waals surface area contributed by atoms with Gasteiger partial charge in [-0.1, -0.05) is 17.7 Å². The summed E-state index contributed by atoms with van der Waals surface area (Å²) >= 11 is 6.04. The van der Waals surface area contributed by atoms with E-state index in [4.69, 9.17) is 20.8 Å². The average Bonchev–Trinajstić information content (AvgIpc) is 3.18. The van der Waals surface area contributed by atoms with Crippen LogP contribution in [0, 0.1) is 0 Å². The number of oxazole rings is 1. The molecule has 6 nitrogen and oxygen atoms in total. The number of hydrogen-bond donors (Lipinski definition) is 1. The zero-order valence-corrected chi connectivity index (χ0v) is 15.0. The van der Waals surface area contributed by atoms with Crippen LogP contribution in [-0.4, -0.2) is 30.6 Å². The Kier molecular flexibility index (Phi) is 4.53. The summed E-state index contributed by atoms with van der Waals surface area (Å²) < 4.78 is 10.6. The molecule has 0 saturated carbocycles. The van der Waals surface area contributed by atoms with E-state index in [1.54, 1.807) is 24.1 Å². The number of nitrogens with zero attached hydrogens (tertiary/aromatic N) is 2. The number of carbonyl (C=O) groups excluding carboxylic acids is 1. The van der Waals surface area contributed by atoms with Gasteiger partial charge in [0.05, 0.1) is 0 Å². The summed E-state index contributed by atoms with van der Waals surface area (Å²) in [5.74, 6) is 0.566. The maximum atomic E-state index is 12.7. The lowest BCUT2D eigenvalue weighted by atomic mass is 10.2. The molecule has 7 heteroatoms. The summed E-state index contributed by atoms with van der Waals surface area (Å²) in [7, 11) is 1.60. The fourth-order valence-corrected chi connectivity index (χ4v) is 3.35. The topological polar surface area (TPSA) is 67.6 Å². The van der Waals surface area contributed by atoms with Crippen molar-refractivity contribution < 1.29 is 13.9 Å². The van der Waals surface area contributed by atoms with E-state index < -0.39 is 0 Å². The van der Waals surface area contributed by atoms with Crippen molar-refractivity contribution in [1.29, 1.82) is 0 Å². The molecule has 4 rings (SSSR count). The van der Waals surface area contributed by atoms with Gasteiger partial charge in [0.25, 0.3) is 0 Å². The van der Waals surface area contributed by atoms with Crippen LogP contribution in [0.15, 0.2) is 46.9 Å². The fourth-order valence-electron chi connectivity index (χ4n) is 3.17. The Balaban J connectivity index is 1.50. The van der Waals surface area contributed by atoms with Crippen molar-refractivity contribution in [3.63, 3.8) is 0 Å². The molecule has 1 N–H and O–H groups in total. The van der Waals surface area contributed by atoms with Crippen LogP contribution in [-0.2, 0) is 16.1 Å². The first kappa shape index (κ1) is 16.9. The van der Waals surface area contributed by atoms with Crippen molar-refractivity contribution in [3.05, 3.63) is 53.4 Å². The van der Waals surface area contributed by atoms with Crippen LogP contribution < -0.4 is 10.2 Å². The molecule has 1 fully saturated rings. The minimum atomic E-state index is -0.281. The van der Waals surface area contributed by atoms with Gasteiger partial charge in [0.2, 0.25) is 11.8 Å². The lowest BCUT2D eigenvalue weighted by Gasteiger charge is -2.18. The Hall–Kier alpha value is -2.57. The molecule has 1 amide bonds. The molecule has 2 aromatic carbocycles. The van der Waals surface area contributed by atoms with Crippen LogP contribution in [0.2, 0.25) is 5.02 Å². The SMILES string of the molecule is COCc1nc2cc(NC3CCN(c4cccc(Cl)c4)C3=O)ccc2o1. The van der Waals surface area contributed by atoms with Crippen LogP contribution in [0.5, 0.6) is 0 Å². The van der Waals surface area contributed by atoms with Gasteiger partial charge in [-0.05, 0) is 42.8 Å². The van der Waals surface area contributed by atoms with E-state index >= 15 is 0 Å². The van der Waals surface area contributed by atoms with Gasteiger partial charge in [-0.2, -0.15) is 0 Å². The molecular weight excluding hydrogens is 354 g/mol. The Morgan fingerprint density at radius 3 is 3.04 bits per heavy atom. The molecule has 26 heavy (non-hydrogen) atoms. The molecular formula is C19H18ClN3O3. The van der Waals surface area contributed by atoms with Gasteiger partial charge in [0.15, 0.2) is 5.58 Å². The number of methoxy groups -OCH3 is 1. The van der Waals surface area contributed by atoms with Crippen LogP contribution in [0.4, 0.5) is 11.4 Å². The molecule has 1 aliphatic heterocycles. The number of rotatable bonds is 5. The first-order valence-electron chi connectivity index (χ1n) is 8.36. The minimum Gasteiger partial charge on any atom is -0.438 e. The third-order valence-electron chi connectivity index (χ3n) is 4.37. The number of fused-ring (bicyclic) bond motifs is 1. The van der Waals surface area contributed by atoms with Gasteiger partial charge in [0.1, 0.15) is 18.2 Å². The summed E-state index contributed by atoms with van der Waals surface area (Å²) in [6.07, 6.45) is 0.719. The molecule has 0 radical (unpaired) electrons. The quantitative estimate of drug-likeness (QED) is 0.738. The Morgan fingerprint density at radius 2 is 2.23 bits per heavy atom. The fraction of sp³-hybridized carbons (Fsp3) is 0.263. The number of aromatic nitrogens is 1. The molecule has 0 aliphatic carbocycles. The van der Waals surface area contributed by atoms with Gasteiger partial charge in [-0.15, -0.1) is 0 Å². The molecule has 1 unspecified atom stereocenters. The number of ether oxygens (including phenoxy) is 1. The molecule has 1 atom stereocenters. The van der Waals surface area contributed by atoms with Gasteiger partial charge in [-0.3, -0.25) is 4.79 Å². The van der Waals surface area contributed by atoms with Gasteiger partial charge < -0.3 is 19.4 Å².